The zero-order valence-corrected chi connectivity index (χ0v) is 42.2. The van der Waals surface area contributed by atoms with Crippen molar-refractivity contribution in [2.24, 2.45) is 0 Å². The Morgan fingerprint density at radius 3 is 1.28 bits per heavy atom. The second kappa shape index (κ2) is 19.7. The molecule has 4 aliphatic heterocycles. The van der Waals surface area contributed by atoms with Gasteiger partial charge in [-0.05, 0) is 95.1 Å². The average molecular weight is 967 g/mol. The summed E-state index contributed by atoms with van der Waals surface area (Å²) in [5.74, 6) is 4.53. The summed E-state index contributed by atoms with van der Waals surface area (Å²) in [6, 6.07) is 19.5. The number of carbonyl (C=O) groups is 2. The number of methoxy groups -OCH3 is 6. The van der Waals surface area contributed by atoms with Gasteiger partial charge in [-0.1, -0.05) is 61.4 Å². The summed E-state index contributed by atoms with van der Waals surface area (Å²) in [6.07, 6.45) is 8.25. The Morgan fingerprint density at radius 1 is 0.574 bits per heavy atom. The maximum Gasteiger partial charge on any atom is 0.251 e. The minimum Gasteiger partial charge on any atom is -0.493 e. The third-order valence-electron chi connectivity index (χ3n) is 13.7. The topological polar surface area (TPSA) is 139 Å². The van der Waals surface area contributed by atoms with Crippen LogP contribution < -0.4 is 48.9 Å². The van der Waals surface area contributed by atoms with Crippen molar-refractivity contribution in [2.45, 2.75) is 50.0 Å². The minimum absolute atomic E-state index is 0.124. The largest absolute Gasteiger partial charge is 0.493 e. The third kappa shape index (κ3) is 8.36. The Morgan fingerprint density at radius 2 is 0.941 bits per heavy atom. The van der Waals surface area contributed by atoms with Gasteiger partial charge in [-0.25, -0.2) is 0 Å². The lowest BCUT2D eigenvalue weighted by Gasteiger charge is -2.39. The van der Waals surface area contributed by atoms with Crippen LogP contribution in [0.5, 0.6) is 34.5 Å². The number of hydrogen-bond acceptors (Lipinski definition) is 14. The molecule has 0 aromatic heterocycles. The van der Waals surface area contributed by atoms with Crippen LogP contribution in [0.25, 0.3) is 12.2 Å². The van der Waals surface area contributed by atoms with Crippen LogP contribution in [0.4, 0.5) is 11.4 Å². The van der Waals surface area contributed by atoms with Gasteiger partial charge in [0, 0.05) is 71.0 Å². The van der Waals surface area contributed by atoms with E-state index in [-0.39, 0.29) is 11.8 Å². The van der Waals surface area contributed by atoms with Gasteiger partial charge in [-0.2, -0.15) is 0 Å². The molecule has 4 heterocycles. The first-order valence-corrected chi connectivity index (χ1v) is 25.1. The molecule has 2 fully saturated rings. The smallest absolute Gasteiger partial charge is 0.251 e. The molecule has 362 valence electrons. The highest BCUT2D eigenvalue weighted by Gasteiger charge is 2.60. The second-order valence-electron chi connectivity index (χ2n) is 17.8. The Labute approximate surface area is 407 Å². The van der Waals surface area contributed by atoms with Crippen molar-refractivity contribution in [3.05, 3.63) is 106 Å². The normalized spacial score (nSPS) is 20.5. The van der Waals surface area contributed by atoms with E-state index < -0.39 is 22.3 Å². The first kappa shape index (κ1) is 48.8. The molecule has 2 saturated heterocycles. The number of benzene rings is 4. The average Bonchev–Trinajstić information content (AvgIpc) is 4.08. The van der Waals surface area contributed by atoms with Gasteiger partial charge in [-0.3, -0.25) is 9.59 Å². The van der Waals surface area contributed by atoms with Crippen molar-refractivity contribution < 1.29 is 47.5 Å². The van der Waals surface area contributed by atoms with E-state index in [1.165, 1.54) is 0 Å². The van der Waals surface area contributed by atoms with E-state index in [2.05, 4.69) is 60.3 Å². The number of ether oxygens (including phenoxy) is 8. The molecule has 0 bridgehead atoms. The number of fused-ring (bicyclic) bond motifs is 6. The highest BCUT2D eigenvalue weighted by atomic mass is 33.1. The van der Waals surface area contributed by atoms with Crippen LogP contribution in [-0.4, -0.2) is 117 Å². The molecule has 8 rings (SSSR count). The summed E-state index contributed by atoms with van der Waals surface area (Å²) < 4.78 is 46.5. The van der Waals surface area contributed by atoms with Crippen molar-refractivity contribution in [3.63, 3.8) is 0 Å². The number of amides is 2. The molecule has 4 aromatic rings. The Kier molecular flexibility index (Phi) is 14.2. The number of rotatable bonds is 19. The van der Waals surface area contributed by atoms with Crippen molar-refractivity contribution in [2.75, 3.05) is 103 Å². The summed E-state index contributed by atoms with van der Waals surface area (Å²) in [5, 5.41) is 6.18. The van der Waals surface area contributed by atoms with E-state index >= 15 is 0 Å². The van der Waals surface area contributed by atoms with Crippen molar-refractivity contribution in [3.8, 4) is 34.5 Å². The van der Waals surface area contributed by atoms with Crippen LogP contribution >= 0.6 is 21.6 Å². The van der Waals surface area contributed by atoms with E-state index in [1.807, 2.05) is 72.8 Å². The second-order valence-corrected chi connectivity index (χ2v) is 20.5. The molecule has 2 amide bonds. The molecule has 0 aliphatic carbocycles. The Hall–Kier alpha value is -5.68. The molecule has 2 unspecified atom stereocenters. The Balaban J connectivity index is 0.821. The summed E-state index contributed by atoms with van der Waals surface area (Å²) in [4.78, 5) is 31.5. The van der Waals surface area contributed by atoms with Crippen molar-refractivity contribution in [1.29, 1.82) is 0 Å². The quantitative estimate of drug-likeness (QED) is 0.0688. The van der Waals surface area contributed by atoms with Gasteiger partial charge >= 0.3 is 0 Å². The Bertz CT molecular complexity index is 2390. The van der Waals surface area contributed by atoms with Crippen molar-refractivity contribution in [1.82, 2.24) is 10.6 Å². The highest BCUT2D eigenvalue weighted by Crippen LogP contribution is 2.57. The summed E-state index contributed by atoms with van der Waals surface area (Å²) in [7, 11) is 12.9. The summed E-state index contributed by atoms with van der Waals surface area (Å²) in [6.45, 7) is 12.3. The molecule has 14 nitrogen and oxygen atoms in total. The molecule has 2 N–H and O–H groups in total. The zero-order valence-electron chi connectivity index (χ0n) is 40.5. The zero-order chi connectivity index (χ0) is 48.4. The van der Waals surface area contributed by atoms with Crippen LogP contribution in [0.15, 0.2) is 72.8 Å². The number of nitrogens with zero attached hydrogens (tertiary/aromatic N) is 2. The maximum absolute atomic E-state index is 13.5. The van der Waals surface area contributed by atoms with Crippen LogP contribution in [-0.2, 0) is 20.3 Å². The molecular formula is C52H62N4O10S2. The van der Waals surface area contributed by atoms with E-state index in [0.717, 1.165) is 46.7 Å². The number of carbonyl (C=O) groups excluding carboxylic acids is 2. The van der Waals surface area contributed by atoms with Crippen LogP contribution in [0, 0.1) is 0 Å². The molecule has 16 heteroatoms. The van der Waals surface area contributed by atoms with Gasteiger partial charge < -0.3 is 58.3 Å². The fourth-order valence-corrected chi connectivity index (χ4v) is 12.0. The lowest BCUT2D eigenvalue weighted by atomic mass is 9.77. The fourth-order valence-electron chi connectivity index (χ4n) is 10.2. The van der Waals surface area contributed by atoms with Crippen LogP contribution in [0.3, 0.4) is 0 Å². The number of anilines is 2. The fraction of sp³-hybridized carbons (Fsp3) is 0.423. The first-order chi connectivity index (χ1) is 32.7. The van der Waals surface area contributed by atoms with Gasteiger partial charge in [0.1, 0.15) is 0 Å². The molecule has 68 heavy (non-hydrogen) atoms. The van der Waals surface area contributed by atoms with Crippen LogP contribution in [0.1, 0.15) is 70.7 Å². The molecule has 4 aromatic carbocycles. The van der Waals surface area contributed by atoms with Crippen molar-refractivity contribution >= 4 is 56.9 Å². The van der Waals surface area contributed by atoms with Gasteiger partial charge in [-0.15, -0.1) is 0 Å². The molecule has 0 radical (unpaired) electrons. The molecular weight excluding hydrogens is 905 g/mol. The van der Waals surface area contributed by atoms with Gasteiger partial charge in [0.2, 0.25) is 11.5 Å². The summed E-state index contributed by atoms with van der Waals surface area (Å²) in [5.41, 5.74) is 4.70. The number of nitrogens with one attached hydrogen (secondary N) is 2. The van der Waals surface area contributed by atoms with E-state index in [0.29, 0.717) is 83.4 Å². The predicted octanol–water partition coefficient (Wildman–Crippen LogP) is 8.35. The monoisotopic (exact) mass is 966 g/mol. The highest BCUT2D eigenvalue weighted by molar-refractivity contribution is 8.76. The maximum atomic E-state index is 13.5. The lowest BCUT2D eigenvalue weighted by molar-refractivity contribution is 0.000266. The van der Waals surface area contributed by atoms with Crippen LogP contribution in [0.2, 0.25) is 0 Å². The SMILES string of the molecule is COc1cc(/C=C/C23OCCN2c2ccc(C(=O)NCCSSCCNC(=O)c4ccc5c(c4)C(C)(C)C4(/C=C/c6cc(OC)c(OC)c(OC)c6)OCCN54)cc2C3(C)C)cc(OC)c1OC. The molecule has 0 saturated carbocycles. The third-order valence-corrected chi connectivity index (χ3v) is 16.1. The van der Waals surface area contributed by atoms with Gasteiger partial charge in [0.25, 0.3) is 11.8 Å². The summed E-state index contributed by atoms with van der Waals surface area (Å²) >= 11 is 0. The molecule has 0 spiro atoms. The van der Waals surface area contributed by atoms with Gasteiger partial charge in [0.05, 0.1) is 55.9 Å². The minimum atomic E-state index is -0.754. The van der Waals surface area contributed by atoms with E-state index in [9.17, 15) is 9.59 Å². The van der Waals surface area contributed by atoms with Gasteiger partial charge in [0.15, 0.2) is 34.4 Å². The first-order valence-electron chi connectivity index (χ1n) is 22.7. The number of hydrogen-bond donors (Lipinski definition) is 2. The molecule has 2 atom stereocenters. The van der Waals surface area contributed by atoms with E-state index in [1.54, 1.807) is 64.2 Å². The lowest BCUT2D eigenvalue weighted by Crippen LogP contribution is -2.51. The van der Waals surface area contributed by atoms with E-state index in [4.69, 9.17) is 37.9 Å². The standard InChI is InChI=1S/C52H62N4O10S2/c1-49(2)37-31-35(11-13-39(37)55-21-23-65-51(49,55)17-15-33-27-41(59-5)45(63-9)42(28-33)60-6)47(57)53-19-25-67-68-26-20-54-48(58)36-12-14-40-38(32-36)50(3,4)52(56(40)22-24-66-52)18-16-34-29-43(61-7)46(64-10)44(30-34)62-8/h11-18,27-32H,19-26H2,1-10H3,(H,53,57)(H,54,58)/b17-15+,18-16+. The molecule has 4 aliphatic rings. The predicted molar refractivity (Wildman–Crippen MR) is 271 cm³/mol.